The van der Waals surface area contributed by atoms with Crippen molar-refractivity contribution in [3.8, 4) is 0 Å². The summed E-state index contributed by atoms with van der Waals surface area (Å²) in [6, 6.07) is -1.03. The predicted octanol–water partition coefficient (Wildman–Crippen LogP) is 5.68. The zero-order valence-corrected chi connectivity index (χ0v) is 19.9. The fourth-order valence-corrected chi connectivity index (χ4v) is 5.29. The Morgan fingerprint density at radius 3 is 2.45 bits per heavy atom. The SMILES string of the molecule is Cc1c(Br)c(C(F)(F)F)nn1C(C)C(=O)Nc1sc2c(c1C(=O)OC(C)C)CCCC2. The number of anilines is 1. The number of hydrogen-bond acceptors (Lipinski definition) is 5. The second kappa shape index (κ2) is 8.93. The molecule has 1 atom stereocenters. The van der Waals surface area contributed by atoms with Gasteiger partial charge >= 0.3 is 12.1 Å². The molecule has 1 N–H and O–H groups in total. The molecule has 1 unspecified atom stereocenters. The number of ether oxygens (including phenoxy) is 1. The van der Waals surface area contributed by atoms with E-state index in [1.54, 1.807) is 13.8 Å². The summed E-state index contributed by atoms with van der Waals surface area (Å²) in [4.78, 5) is 26.7. The van der Waals surface area contributed by atoms with Crippen LogP contribution < -0.4 is 5.32 Å². The molecule has 3 rings (SSSR count). The smallest absolute Gasteiger partial charge is 0.436 e. The molecule has 31 heavy (non-hydrogen) atoms. The van der Waals surface area contributed by atoms with E-state index in [2.05, 4.69) is 26.3 Å². The Morgan fingerprint density at radius 1 is 1.23 bits per heavy atom. The van der Waals surface area contributed by atoms with Gasteiger partial charge in [-0.15, -0.1) is 11.3 Å². The first-order chi connectivity index (χ1) is 14.4. The first-order valence-corrected chi connectivity index (χ1v) is 11.5. The molecule has 1 amide bonds. The summed E-state index contributed by atoms with van der Waals surface area (Å²) < 4.78 is 45.7. The van der Waals surface area contributed by atoms with Crippen LogP contribution in [0.3, 0.4) is 0 Å². The predicted molar refractivity (Wildman–Crippen MR) is 115 cm³/mol. The van der Waals surface area contributed by atoms with Crippen LogP contribution in [-0.4, -0.2) is 27.8 Å². The highest BCUT2D eigenvalue weighted by Crippen LogP contribution is 2.40. The number of rotatable bonds is 5. The van der Waals surface area contributed by atoms with E-state index in [0.717, 1.165) is 40.8 Å². The van der Waals surface area contributed by atoms with E-state index >= 15 is 0 Å². The molecule has 0 radical (unpaired) electrons. The molecule has 0 saturated heterocycles. The Hall–Kier alpha value is -1.88. The summed E-state index contributed by atoms with van der Waals surface area (Å²) in [5.41, 5.74) is 0.336. The maximum absolute atomic E-state index is 13.2. The van der Waals surface area contributed by atoms with Crippen LogP contribution in [0.25, 0.3) is 0 Å². The van der Waals surface area contributed by atoms with Crippen molar-refractivity contribution in [2.75, 3.05) is 5.32 Å². The zero-order chi connectivity index (χ0) is 23.1. The van der Waals surface area contributed by atoms with Crippen molar-refractivity contribution in [2.24, 2.45) is 0 Å². The molecule has 0 saturated carbocycles. The van der Waals surface area contributed by atoms with Crippen LogP contribution in [-0.2, 0) is 28.5 Å². The summed E-state index contributed by atoms with van der Waals surface area (Å²) in [6.07, 6.45) is -1.49. The van der Waals surface area contributed by atoms with E-state index in [0.29, 0.717) is 10.6 Å². The molecule has 170 valence electrons. The van der Waals surface area contributed by atoms with E-state index in [-0.39, 0.29) is 16.3 Å². The van der Waals surface area contributed by atoms with E-state index < -0.39 is 29.8 Å². The van der Waals surface area contributed by atoms with Crippen molar-refractivity contribution in [3.63, 3.8) is 0 Å². The fraction of sp³-hybridized carbons (Fsp3) is 0.550. The number of nitrogens with zero attached hydrogens (tertiary/aromatic N) is 2. The number of carbonyl (C=O) groups is 2. The number of esters is 1. The third-order valence-corrected chi connectivity index (χ3v) is 7.20. The number of nitrogens with one attached hydrogen (secondary N) is 1. The molecular weight excluding hydrogens is 499 g/mol. The molecule has 0 bridgehead atoms. The third-order valence-electron chi connectivity index (χ3n) is 5.05. The lowest BCUT2D eigenvalue weighted by molar-refractivity contribution is -0.142. The Kier molecular flexibility index (Phi) is 6.85. The van der Waals surface area contributed by atoms with Crippen molar-refractivity contribution in [1.29, 1.82) is 0 Å². The quantitative estimate of drug-likeness (QED) is 0.513. The number of thiophene rings is 1. The van der Waals surface area contributed by atoms with Gasteiger partial charge in [-0.1, -0.05) is 0 Å². The molecule has 2 heterocycles. The summed E-state index contributed by atoms with van der Waals surface area (Å²) in [6.45, 7) is 6.40. The largest absolute Gasteiger partial charge is 0.459 e. The summed E-state index contributed by atoms with van der Waals surface area (Å²) in [7, 11) is 0. The number of amides is 1. The number of aromatic nitrogens is 2. The Balaban J connectivity index is 1.92. The van der Waals surface area contributed by atoms with Gasteiger partial charge in [0.05, 0.1) is 21.8 Å². The van der Waals surface area contributed by atoms with Crippen molar-refractivity contribution >= 4 is 44.1 Å². The molecule has 0 fully saturated rings. The number of halogens is 4. The van der Waals surface area contributed by atoms with Crippen LogP contribution in [0.2, 0.25) is 0 Å². The second-order valence-corrected chi connectivity index (χ2v) is 9.62. The third kappa shape index (κ3) is 4.82. The summed E-state index contributed by atoms with van der Waals surface area (Å²) >= 11 is 4.24. The van der Waals surface area contributed by atoms with Crippen molar-refractivity contribution < 1.29 is 27.5 Å². The number of alkyl halides is 3. The van der Waals surface area contributed by atoms with E-state index in [4.69, 9.17) is 4.74 Å². The van der Waals surface area contributed by atoms with Gasteiger partial charge < -0.3 is 10.1 Å². The standard InChI is InChI=1S/C20H23BrF3N3O3S/c1-9(2)30-19(29)14-12-7-5-6-8-13(12)31-18(14)25-17(28)11(4)27-10(3)15(21)16(26-27)20(22,23)24/h9,11H,5-8H2,1-4H3,(H,25,28). The Morgan fingerprint density at radius 2 is 1.87 bits per heavy atom. The van der Waals surface area contributed by atoms with Gasteiger partial charge in [0.25, 0.3) is 0 Å². The monoisotopic (exact) mass is 521 g/mol. The number of aryl methyl sites for hydroxylation is 1. The minimum atomic E-state index is -4.65. The van der Waals surface area contributed by atoms with Crippen LogP contribution in [0.15, 0.2) is 4.47 Å². The fourth-order valence-electron chi connectivity index (χ4n) is 3.53. The zero-order valence-electron chi connectivity index (χ0n) is 17.5. The average molecular weight is 522 g/mol. The van der Waals surface area contributed by atoms with Gasteiger partial charge in [-0.25, -0.2) is 4.79 Å². The van der Waals surface area contributed by atoms with Crippen LogP contribution in [0, 0.1) is 6.92 Å². The van der Waals surface area contributed by atoms with Gasteiger partial charge in [-0.3, -0.25) is 9.48 Å². The topological polar surface area (TPSA) is 73.2 Å². The highest BCUT2D eigenvalue weighted by atomic mass is 79.9. The maximum atomic E-state index is 13.2. The first kappa shape index (κ1) is 23.8. The van der Waals surface area contributed by atoms with Gasteiger partial charge in [0.1, 0.15) is 11.0 Å². The van der Waals surface area contributed by atoms with Gasteiger partial charge in [0.15, 0.2) is 5.69 Å². The van der Waals surface area contributed by atoms with Gasteiger partial charge in [-0.05, 0) is 74.9 Å². The lowest BCUT2D eigenvalue weighted by Gasteiger charge is -2.16. The van der Waals surface area contributed by atoms with Crippen LogP contribution >= 0.6 is 27.3 Å². The Bertz CT molecular complexity index is 1010. The molecule has 1 aliphatic rings. The Labute approximate surface area is 190 Å². The lowest BCUT2D eigenvalue weighted by atomic mass is 9.95. The minimum absolute atomic E-state index is 0.180. The normalized spacial score (nSPS) is 15.0. The van der Waals surface area contributed by atoms with Gasteiger partial charge in [0.2, 0.25) is 5.91 Å². The van der Waals surface area contributed by atoms with E-state index in [1.165, 1.54) is 25.2 Å². The molecule has 2 aromatic heterocycles. The van der Waals surface area contributed by atoms with Crippen LogP contribution in [0.1, 0.15) is 71.8 Å². The second-order valence-electron chi connectivity index (χ2n) is 7.72. The number of fused-ring (bicyclic) bond motifs is 1. The molecule has 0 aromatic carbocycles. The first-order valence-electron chi connectivity index (χ1n) is 9.90. The summed E-state index contributed by atoms with van der Waals surface area (Å²) in [5.74, 6) is -1.07. The molecule has 6 nitrogen and oxygen atoms in total. The van der Waals surface area contributed by atoms with Crippen molar-refractivity contribution in [2.45, 2.75) is 71.7 Å². The minimum Gasteiger partial charge on any atom is -0.459 e. The molecule has 1 aliphatic carbocycles. The van der Waals surface area contributed by atoms with E-state index in [9.17, 15) is 22.8 Å². The number of carbonyl (C=O) groups excluding carboxylic acids is 2. The van der Waals surface area contributed by atoms with Gasteiger partial charge in [-0.2, -0.15) is 18.3 Å². The highest BCUT2D eigenvalue weighted by Gasteiger charge is 2.39. The lowest BCUT2D eigenvalue weighted by Crippen LogP contribution is -2.26. The van der Waals surface area contributed by atoms with Gasteiger partial charge in [0, 0.05) is 4.88 Å². The van der Waals surface area contributed by atoms with Crippen molar-refractivity contribution in [1.82, 2.24) is 9.78 Å². The van der Waals surface area contributed by atoms with E-state index in [1.807, 2.05) is 0 Å². The molecule has 0 spiro atoms. The molecular formula is C20H23BrF3N3O3S. The highest BCUT2D eigenvalue weighted by molar-refractivity contribution is 9.10. The maximum Gasteiger partial charge on any atom is 0.436 e. The molecule has 11 heteroatoms. The molecule has 0 aliphatic heterocycles. The van der Waals surface area contributed by atoms with Crippen LogP contribution in [0.4, 0.5) is 18.2 Å². The number of hydrogen-bond donors (Lipinski definition) is 1. The van der Waals surface area contributed by atoms with Crippen LogP contribution in [0.5, 0.6) is 0 Å². The average Bonchev–Trinajstić information content (AvgIpc) is 3.17. The molecule has 2 aromatic rings. The summed E-state index contributed by atoms with van der Waals surface area (Å²) in [5, 5.41) is 6.71. The van der Waals surface area contributed by atoms with Crippen molar-refractivity contribution in [3.05, 3.63) is 31.9 Å².